The van der Waals surface area contributed by atoms with Gasteiger partial charge in [0.15, 0.2) is 5.78 Å². The Morgan fingerprint density at radius 2 is 1.80 bits per heavy atom. The Morgan fingerprint density at radius 1 is 1.04 bits per heavy atom. The number of unbranched alkanes of at least 4 members (excludes halogenated alkanes) is 1. The van der Waals surface area contributed by atoms with E-state index in [0.29, 0.717) is 12.8 Å². The van der Waals surface area contributed by atoms with Gasteiger partial charge in [-0.2, -0.15) is 0 Å². The molecule has 1 aromatic heterocycles. The zero-order chi connectivity index (χ0) is 17.4. The number of hydrogen-bond acceptors (Lipinski definition) is 3. The van der Waals surface area contributed by atoms with E-state index in [1.54, 1.807) is 0 Å². The Bertz CT molecular complexity index is 944. The molecule has 0 fully saturated rings. The second kappa shape index (κ2) is 6.05. The summed E-state index contributed by atoms with van der Waals surface area (Å²) >= 11 is 0. The molecule has 1 unspecified atom stereocenters. The number of fused-ring (bicyclic) bond motifs is 2. The third-order valence-corrected chi connectivity index (χ3v) is 5.19. The molecule has 0 radical (unpaired) electrons. The molecule has 1 atom stereocenters. The first-order chi connectivity index (χ1) is 12.2. The summed E-state index contributed by atoms with van der Waals surface area (Å²) in [6, 6.07) is 15.8. The summed E-state index contributed by atoms with van der Waals surface area (Å²) in [6.45, 7) is 2.17. The predicted molar refractivity (Wildman–Crippen MR) is 100 cm³/mol. The lowest BCUT2D eigenvalue weighted by Gasteiger charge is -2.30. The maximum Gasteiger partial charge on any atom is 0.194 e. The molecule has 4 rings (SSSR count). The monoisotopic (exact) mass is 334 g/mol. The quantitative estimate of drug-likeness (QED) is 0.614. The van der Waals surface area contributed by atoms with E-state index in [-0.39, 0.29) is 12.4 Å². The number of Topliss-reactive ketones (excluding diaryl/α,β-unsaturated/α-hetero) is 1. The Morgan fingerprint density at radius 3 is 2.60 bits per heavy atom. The largest absolute Gasteiger partial charge is 0.396 e. The number of aryl methyl sites for hydroxylation is 1. The molecular formula is C21H22N2O2. The van der Waals surface area contributed by atoms with Crippen molar-refractivity contribution in [3.05, 3.63) is 65.4 Å². The molecule has 3 N–H and O–H groups in total. The number of aromatic nitrogens is 1. The van der Waals surface area contributed by atoms with Crippen LogP contribution >= 0.6 is 0 Å². The van der Waals surface area contributed by atoms with Gasteiger partial charge in [0, 0.05) is 40.0 Å². The Balaban J connectivity index is 1.91. The van der Waals surface area contributed by atoms with Crippen molar-refractivity contribution in [3.63, 3.8) is 0 Å². The van der Waals surface area contributed by atoms with Crippen LogP contribution in [0.5, 0.6) is 0 Å². The van der Waals surface area contributed by atoms with Crippen LogP contribution in [0.3, 0.4) is 0 Å². The number of para-hydroxylation sites is 2. The van der Waals surface area contributed by atoms with Crippen molar-refractivity contribution >= 4 is 22.4 Å². The van der Waals surface area contributed by atoms with Gasteiger partial charge >= 0.3 is 0 Å². The average Bonchev–Trinajstić information content (AvgIpc) is 3.10. The third-order valence-electron chi connectivity index (χ3n) is 5.19. The van der Waals surface area contributed by atoms with Gasteiger partial charge in [0.25, 0.3) is 0 Å². The summed E-state index contributed by atoms with van der Waals surface area (Å²) in [6.07, 6.45) is 2.13. The summed E-state index contributed by atoms with van der Waals surface area (Å²) in [5.74, 6) is 0.119. The minimum atomic E-state index is -0.775. The second-order valence-electron chi connectivity index (χ2n) is 6.76. The number of aromatic amines is 1. The van der Waals surface area contributed by atoms with Gasteiger partial charge in [0.2, 0.25) is 0 Å². The molecule has 25 heavy (non-hydrogen) atoms. The number of ketones is 1. The van der Waals surface area contributed by atoms with Crippen LogP contribution < -0.4 is 5.32 Å². The summed E-state index contributed by atoms with van der Waals surface area (Å²) < 4.78 is 0. The number of carbonyl (C=O) groups is 1. The Kier molecular flexibility index (Phi) is 3.85. The highest BCUT2D eigenvalue weighted by molar-refractivity contribution is 6.15. The predicted octanol–water partition coefficient (Wildman–Crippen LogP) is 4.14. The molecule has 128 valence electrons. The lowest BCUT2D eigenvalue weighted by Crippen LogP contribution is -2.39. The second-order valence-corrected chi connectivity index (χ2v) is 6.76. The van der Waals surface area contributed by atoms with Gasteiger partial charge in [-0.1, -0.05) is 30.3 Å². The van der Waals surface area contributed by atoms with Gasteiger partial charge < -0.3 is 15.4 Å². The topological polar surface area (TPSA) is 65.1 Å². The number of anilines is 1. The van der Waals surface area contributed by atoms with Crippen molar-refractivity contribution in [1.29, 1.82) is 0 Å². The Labute approximate surface area is 146 Å². The van der Waals surface area contributed by atoms with Crippen LogP contribution in [0.2, 0.25) is 0 Å². The van der Waals surface area contributed by atoms with Crippen LogP contribution in [0.4, 0.5) is 5.69 Å². The summed E-state index contributed by atoms with van der Waals surface area (Å²) in [5, 5.41) is 13.8. The van der Waals surface area contributed by atoms with Crippen molar-refractivity contribution in [1.82, 2.24) is 4.98 Å². The summed E-state index contributed by atoms with van der Waals surface area (Å²) in [7, 11) is 0. The normalized spacial score (nSPS) is 19.2. The highest BCUT2D eigenvalue weighted by Crippen LogP contribution is 2.46. The highest BCUT2D eigenvalue weighted by atomic mass is 16.2. The number of nitrogens with one attached hydrogen (secondary N) is 2. The fourth-order valence-corrected chi connectivity index (χ4v) is 4.11. The molecule has 2 aromatic carbocycles. The molecule has 0 saturated heterocycles. The first kappa shape index (κ1) is 15.9. The van der Waals surface area contributed by atoms with Crippen LogP contribution in [0.15, 0.2) is 48.5 Å². The van der Waals surface area contributed by atoms with E-state index >= 15 is 0 Å². The molecule has 0 spiro atoms. The molecule has 2 heterocycles. The van der Waals surface area contributed by atoms with E-state index in [0.717, 1.165) is 39.8 Å². The van der Waals surface area contributed by atoms with E-state index in [1.165, 1.54) is 0 Å². The highest BCUT2D eigenvalue weighted by Gasteiger charge is 2.48. The van der Waals surface area contributed by atoms with Crippen molar-refractivity contribution in [2.24, 2.45) is 0 Å². The zero-order valence-corrected chi connectivity index (χ0v) is 14.3. The molecule has 0 bridgehead atoms. The average molecular weight is 334 g/mol. The van der Waals surface area contributed by atoms with Crippen LogP contribution in [-0.2, 0) is 5.54 Å². The fourth-order valence-electron chi connectivity index (χ4n) is 4.11. The van der Waals surface area contributed by atoms with E-state index in [2.05, 4.69) is 16.4 Å². The van der Waals surface area contributed by atoms with E-state index in [1.807, 2.05) is 49.4 Å². The van der Waals surface area contributed by atoms with Gasteiger partial charge in [-0.05, 0) is 44.4 Å². The van der Waals surface area contributed by atoms with E-state index in [9.17, 15) is 9.90 Å². The van der Waals surface area contributed by atoms with Crippen LogP contribution in [0.25, 0.3) is 10.9 Å². The first-order valence-electron chi connectivity index (χ1n) is 8.78. The van der Waals surface area contributed by atoms with Crippen molar-refractivity contribution < 1.29 is 9.90 Å². The number of aliphatic hydroxyl groups is 1. The standard InChI is InChI=1S/C21H22N2O2/c1-14-19(15-8-2-4-10-17(15)22-14)21(12-6-7-13-24)20(25)16-9-3-5-11-18(16)23-21/h2-5,8-11,22-24H,6-7,12-13H2,1H3. The van der Waals surface area contributed by atoms with Gasteiger partial charge in [-0.3, -0.25) is 4.79 Å². The lowest BCUT2D eigenvalue weighted by atomic mass is 9.80. The van der Waals surface area contributed by atoms with Gasteiger partial charge in [-0.25, -0.2) is 0 Å². The first-order valence-corrected chi connectivity index (χ1v) is 8.78. The number of H-pyrrole nitrogens is 1. The van der Waals surface area contributed by atoms with E-state index in [4.69, 9.17) is 0 Å². The molecule has 0 saturated carbocycles. The molecule has 3 aromatic rings. The number of hydrogen-bond donors (Lipinski definition) is 3. The SMILES string of the molecule is Cc1[nH]c2ccccc2c1C1(CCCCO)Nc2ccccc2C1=O. The molecule has 1 aliphatic rings. The number of carbonyl (C=O) groups excluding carboxylic acids is 1. The molecular weight excluding hydrogens is 312 g/mol. The van der Waals surface area contributed by atoms with Crippen LogP contribution in [-0.4, -0.2) is 22.5 Å². The van der Waals surface area contributed by atoms with Gasteiger partial charge in [-0.15, -0.1) is 0 Å². The molecule has 4 nitrogen and oxygen atoms in total. The third kappa shape index (κ3) is 2.36. The van der Waals surface area contributed by atoms with Crippen molar-refractivity contribution in [2.45, 2.75) is 31.7 Å². The summed E-state index contributed by atoms with van der Waals surface area (Å²) in [4.78, 5) is 16.9. The number of rotatable bonds is 5. The zero-order valence-electron chi connectivity index (χ0n) is 14.3. The Hall–Kier alpha value is -2.59. The van der Waals surface area contributed by atoms with Crippen molar-refractivity contribution in [2.75, 3.05) is 11.9 Å². The minimum Gasteiger partial charge on any atom is -0.396 e. The maximum atomic E-state index is 13.5. The number of benzene rings is 2. The number of aliphatic hydroxyl groups excluding tert-OH is 1. The van der Waals surface area contributed by atoms with Crippen LogP contribution in [0.1, 0.15) is 40.9 Å². The maximum absolute atomic E-state index is 13.5. The van der Waals surface area contributed by atoms with Crippen LogP contribution in [0, 0.1) is 6.92 Å². The smallest absolute Gasteiger partial charge is 0.194 e. The van der Waals surface area contributed by atoms with Gasteiger partial charge in [0.1, 0.15) is 5.54 Å². The fraction of sp³-hybridized carbons (Fsp3) is 0.286. The lowest BCUT2D eigenvalue weighted by molar-refractivity contribution is 0.0906. The van der Waals surface area contributed by atoms with Gasteiger partial charge in [0.05, 0.1) is 0 Å². The van der Waals surface area contributed by atoms with Crippen molar-refractivity contribution in [3.8, 4) is 0 Å². The summed E-state index contributed by atoms with van der Waals surface area (Å²) in [5.41, 5.74) is 3.95. The minimum absolute atomic E-state index is 0.119. The molecule has 0 amide bonds. The molecule has 4 heteroatoms. The van der Waals surface area contributed by atoms with E-state index < -0.39 is 5.54 Å². The molecule has 0 aliphatic carbocycles. The molecule has 1 aliphatic heterocycles.